The van der Waals surface area contributed by atoms with Gasteiger partial charge in [0.25, 0.3) is 5.56 Å². The Bertz CT molecular complexity index is 647. The molecule has 20 heavy (non-hydrogen) atoms. The van der Waals surface area contributed by atoms with E-state index in [2.05, 4.69) is 5.32 Å². The van der Waals surface area contributed by atoms with Crippen molar-refractivity contribution in [1.29, 1.82) is 0 Å². The lowest BCUT2D eigenvalue weighted by molar-refractivity contribution is -0.123. The molecule has 1 aromatic carbocycles. The predicted octanol–water partition coefficient (Wildman–Crippen LogP) is 1.78. The van der Waals surface area contributed by atoms with E-state index in [1.165, 1.54) is 15.5 Å². The largest absolute Gasteiger partial charge is 0.385 e. The quantitative estimate of drug-likeness (QED) is 0.826. The Hall–Kier alpha value is -1.66. The summed E-state index contributed by atoms with van der Waals surface area (Å²) in [6, 6.07) is 6.89. The van der Waals surface area contributed by atoms with Crippen LogP contribution < -0.4 is 10.9 Å². The minimum Gasteiger partial charge on any atom is -0.385 e. The molecule has 0 unspecified atom stereocenters. The lowest BCUT2D eigenvalue weighted by Crippen LogP contribution is -2.34. The molecule has 1 amide bonds. The highest BCUT2D eigenvalue weighted by atomic mass is 32.1. The fraction of sp³-hybridized carbons (Fsp3) is 0.429. The van der Waals surface area contributed by atoms with E-state index in [-0.39, 0.29) is 11.5 Å². The van der Waals surface area contributed by atoms with Crippen molar-refractivity contribution in [3.63, 3.8) is 0 Å². The smallest absolute Gasteiger partial charge is 0.269 e. The van der Waals surface area contributed by atoms with Gasteiger partial charge in [0.15, 0.2) is 0 Å². The van der Waals surface area contributed by atoms with Crippen LogP contribution in [0.1, 0.15) is 19.4 Å². The SMILES string of the molecule is COCCCNC(=O)[C@@H](C)n1sc2ccccc2c1=O. The summed E-state index contributed by atoms with van der Waals surface area (Å²) in [6.45, 7) is 2.90. The van der Waals surface area contributed by atoms with Crippen LogP contribution in [0.4, 0.5) is 0 Å². The highest BCUT2D eigenvalue weighted by Gasteiger charge is 2.18. The molecule has 0 saturated heterocycles. The van der Waals surface area contributed by atoms with Crippen LogP contribution in [0.5, 0.6) is 0 Å². The Balaban J connectivity index is 2.11. The first-order chi connectivity index (χ1) is 9.65. The molecule has 108 valence electrons. The third-order valence-electron chi connectivity index (χ3n) is 3.07. The van der Waals surface area contributed by atoms with Gasteiger partial charge in [-0.15, -0.1) is 0 Å². The zero-order valence-electron chi connectivity index (χ0n) is 11.6. The van der Waals surface area contributed by atoms with Crippen LogP contribution in [-0.4, -0.2) is 30.1 Å². The Morgan fingerprint density at radius 3 is 2.90 bits per heavy atom. The van der Waals surface area contributed by atoms with Crippen molar-refractivity contribution in [3.8, 4) is 0 Å². The Kier molecular flexibility index (Phi) is 4.92. The fourth-order valence-electron chi connectivity index (χ4n) is 1.93. The lowest BCUT2D eigenvalue weighted by atomic mass is 10.2. The molecule has 2 rings (SSSR count). The number of nitrogens with zero attached hydrogens (tertiary/aromatic N) is 1. The maximum Gasteiger partial charge on any atom is 0.269 e. The van der Waals surface area contributed by atoms with Gasteiger partial charge in [0.2, 0.25) is 5.91 Å². The minimum atomic E-state index is -0.498. The van der Waals surface area contributed by atoms with Gasteiger partial charge in [-0.25, -0.2) is 0 Å². The third-order valence-corrected chi connectivity index (χ3v) is 4.30. The summed E-state index contributed by atoms with van der Waals surface area (Å²) in [5.41, 5.74) is -0.106. The number of amides is 1. The number of nitrogens with one attached hydrogen (secondary N) is 1. The van der Waals surface area contributed by atoms with E-state index >= 15 is 0 Å². The zero-order chi connectivity index (χ0) is 14.5. The summed E-state index contributed by atoms with van der Waals surface area (Å²) < 4.78 is 7.35. The van der Waals surface area contributed by atoms with Gasteiger partial charge in [0.05, 0.1) is 10.1 Å². The highest BCUT2D eigenvalue weighted by Crippen LogP contribution is 2.19. The van der Waals surface area contributed by atoms with Crippen LogP contribution in [0.2, 0.25) is 0 Å². The van der Waals surface area contributed by atoms with E-state index in [1.807, 2.05) is 18.2 Å². The summed E-state index contributed by atoms with van der Waals surface area (Å²) in [4.78, 5) is 24.3. The molecule has 1 atom stereocenters. The van der Waals surface area contributed by atoms with Crippen molar-refractivity contribution in [2.24, 2.45) is 0 Å². The molecule has 6 heteroatoms. The number of hydrogen-bond acceptors (Lipinski definition) is 4. The number of aromatic nitrogens is 1. The molecule has 0 aliphatic heterocycles. The van der Waals surface area contributed by atoms with Gasteiger partial charge in [0.1, 0.15) is 6.04 Å². The monoisotopic (exact) mass is 294 g/mol. The molecule has 0 radical (unpaired) electrons. The molecule has 2 aromatic rings. The third kappa shape index (κ3) is 3.08. The fourth-order valence-corrected chi connectivity index (χ4v) is 2.97. The van der Waals surface area contributed by atoms with Crippen LogP contribution >= 0.6 is 11.5 Å². The van der Waals surface area contributed by atoms with Gasteiger partial charge in [-0.1, -0.05) is 23.7 Å². The van der Waals surface area contributed by atoms with Crippen molar-refractivity contribution in [1.82, 2.24) is 9.27 Å². The molecule has 1 N–H and O–H groups in total. The van der Waals surface area contributed by atoms with Crippen molar-refractivity contribution in [3.05, 3.63) is 34.6 Å². The Morgan fingerprint density at radius 2 is 2.20 bits per heavy atom. The van der Waals surface area contributed by atoms with Crippen molar-refractivity contribution < 1.29 is 9.53 Å². The lowest BCUT2D eigenvalue weighted by Gasteiger charge is -2.11. The molecule has 0 spiro atoms. The molecular weight excluding hydrogens is 276 g/mol. The molecule has 0 bridgehead atoms. The molecule has 0 aliphatic carbocycles. The molecule has 0 aliphatic rings. The Morgan fingerprint density at radius 1 is 1.45 bits per heavy atom. The van der Waals surface area contributed by atoms with E-state index in [0.29, 0.717) is 18.5 Å². The number of ether oxygens (including phenoxy) is 1. The van der Waals surface area contributed by atoms with E-state index in [0.717, 1.165) is 11.1 Å². The molecule has 5 nitrogen and oxygen atoms in total. The van der Waals surface area contributed by atoms with E-state index in [1.54, 1.807) is 20.1 Å². The minimum absolute atomic E-state index is 0.106. The number of benzene rings is 1. The maximum atomic E-state index is 12.2. The normalized spacial score (nSPS) is 12.5. The average molecular weight is 294 g/mol. The number of methoxy groups -OCH3 is 1. The number of rotatable bonds is 6. The topological polar surface area (TPSA) is 60.3 Å². The van der Waals surface area contributed by atoms with Gasteiger partial charge in [0, 0.05) is 20.3 Å². The molecular formula is C14H18N2O3S. The van der Waals surface area contributed by atoms with Gasteiger partial charge >= 0.3 is 0 Å². The molecule has 0 saturated carbocycles. The van der Waals surface area contributed by atoms with Gasteiger partial charge in [-0.3, -0.25) is 13.5 Å². The Labute approximate surface area is 121 Å². The van der Waals surface area contributed by atoms with Crippen LogP contribution in [0.15, 0.2) is 29.1 Å². The van der Waals surface area contributed by atoms with Gasteiger partial charge in [-0.05, 0) is 25.5 Å². The first-order valence-corrected chi connectivity index (χ1v) is 7.29. The standard InChI is InChI=1S/C14H18N2O3S/c1-10(13(17)15-8-5-9-19-2)16-14(18)11-6-3-4-7-12(11)20-16/h3-4,6-7,10H,5,8-9H2,1-2H3,(H,15,17)/t10-/m1/s1. The van der Waals surface area contributed by atoms with E-state index in [9.17, 15) is 9.59 Å². The molecule has 1 heterocycles. The summed E-state index contributed by atoms with van der Waals surface area (Å²) in [5.74, 6) is -0.144. The average Bonchev–Trinajstić information content (AvgIpc) is 2.80. The highest BCUT2D eigenvalue weighted by molar-refractivity contribution is 7.13. The predicted molar refractivity (Wildman–Crippen MR) is 80.3 cm³/mol. The molecule has 1 aromatic heterocycles. The summed E-state index contributed by atoms with van der Waals surface area (Å²) >= 11 is 1.32. The van der Waals surface area contributed by atoms with Gasteiger partial charge < -0.3 is 10.1 Å². The first kappa shape index (κ1) is 14.7. The summed E-state index contributed by atoms with van der Waals surface area (Å²) in [7, 11) is 1.63. The van der Waals surface area contributed by atoms with Crippen LogP contribution in [0.25, 0.3) is 10.1 Å². The second kappa shape index (κ2) is 6.67. The van der Waals surface area contributed by atoms with E-state index < -0.39 is 6.04 Å². The zero-order valence-corrected chi connectivity index (χ0v) is 12.4. The summed E-state index contributed by atoms with van der Waals surface area (Å²) in [6.07, 6.45) is 0.760. The van der Waals surface area contributed by atoms with Crippen molar-refractivity contribution in [2.75, 3.05) is 20.3 Å². The number of fused-ring (bicyclic) bond motifs is 1. The van der Waals surface area contributed by atoms with Gasteiger partial charge in [-0.2, -0.15) is 0 Å². The first-order valence-electron chi connectivity index (χ1n) is 6.52. The van der Waals surface area contributed by atoms with Crippen molar-refractivity contribution >= 4 is 27.5 Å². The van der Waals surface area contributed by atoms with E-state index in [4.69, 9.17) is 4.74 Å². The second-order valence-electron chi connectivity index (χ2n) is 4.53. The van der Waals surface area contributed by atoms with Crippen LogP contribution in [-0.2, 0) is 9.53 Å². The number of carbonyl (C=O) groups is 1. The second-order valence-corrected chi connectivity index (χ2v) is 5.55. The maximum absolute atomic E-state index is 12.2. The number of hydrogen-bond donors (Lipinski definition) is 1. The van der Waals surface area contributed by atoms with Crippen LogP contribution in [0.3, 0.4) is 0 Å². The van der Waals surface area contributed by atoms with Crippen LogP contribution in [0, 0.1) is 0 Å². The number of carbonyl (C=O) groups excluding carboxylic acids is 1. The molecule has 0 fully saturated rings. The van der Waals surface area contributed by atoms with Crippen molar-refractivity contribution in [2.45, 2.75) is 19.4 Å². The summed E-state index contributed by atoms with van der Waals surface area (Å²) in [5, 5.41) is 3.48.